The van der Waals surface area contributed by atoms with Crippen LogP contribution in [0.25, 0.3) is 0 Å². The third kappa shape index (κ3) is 4.75. The van der Waals surface area contributed by atoms with Crippen LogP contribution < -0.4 is 10.6 Å². The van der Waals surface area contributed by atoms with E-state index < -0.39 is 0 Å². The van der Waals surface area contributed by atoms with Gasteiger partial charge >= 0.3 is 0 Å². The van der Waals surface area contributed by atoms with E-state index in [4.69, 9.17) is 0 Å². The lowest BCUT2D eigenvalue weighted by Crippen LogP contribution is -2.05. The van der Waals surface area contributed by atoms with Crippen molar-refractivity contribution in [2.24, 2.45) is 0 Å². The monoisotopic (exact) mass is 372 g/mol. The van der Waals surface area contributed by atoms with E-state index in [0.29, 0.717) is 0 Å². The second kappa shape index (κ2) is 8.52. The van der Waals surface area contributed by atoms with Gasteiger partial charge in [-0.2, -0.15) is 0 Å². The Kier molecular flexibility index (Phi) is 6.08. The summed E-state index contributed by atoms with van der Waals surface area (Å²) in [6, 6.07) is 17.8. The Labute approximate surface area is 170 Å². The number of anilines is 2. The highest BCUT2D eigenvalue weighted by atomic mass is 14.9. The SMILES string of the molecule is Cc1cc(C)c(NCc2ccc(CNc3c(C)cc(C)cc3C)cc2)c(C)c1. The van der Waals surface area contributed by atoms with Crippen LogP contribution >= 0.6 is 0 Å². The number of hydrogen-bond acceptors (Lipinski definition) is 2. The molecule has 0 aromatic heterocycles. The molecule has 0 saturated heterocycles. The Hall–Kier alpha value is -2.74. The average molecular weight is 373 g/mol. The third-order valence-corrected chi connectivity index (χ3v) is 5.32. The Morgan fingerprint density at radius 1 is 0.500 bits per heavy atom. The Morgan fingerprint density at radius 2 is 0.786 bits per heavy atom. The normalized spacial score (nSPS) is 10.8. The second-order valence-corrected chi connectivity index (χ2v) is 8.07. The lowest BCUT2D eigenvalue weighted by Gasteiger charge is -2.15. The lowest BCUT2D eigenvalue weighted by molar-refractivity contribution is 1.09. The Bertz CT molecular complexity index is 842. The summed E-state index contributed by atoms with van der Waals surface area (Å²) >= 11 is 0. The van der Waals surface area contributed by atoms with Gasteiger partial charge in [0.05, 0.1) is 0 Å². The predicted molar refractivity (Wildman–Crippen MR) is 122 cm³/mol. The Balaban J connectivity index is 1.61. The first-order valence-electron chi connectivity index (χ1n) is 10.0. The maximum absolute atomic E-state index is 3.61. The van der Waals surface area contributed by atoms with Gasteiger partial charge in [0.1, 0.15) is 0 Å². The number of rotatable bonds is 6. The van der Waals surface area contributed by atoms with E-state index in [-0.39, 0.29) is 0 Å². The molecule has 0 saturated carbocycles. The smallest absolute Gasteiger partial charge is 0.0402 e. The molecule has 0 atom stereocenters. The van der Waals surface area contributed by atoms with Gasteiger partial charge in [-0.05, 0) is 74.9 Å². The van der Waals surface area contributed by atoms with Crippen LogP contribution in [0.3, 0.4) is 0 Å². The summed E-state index contributed by atoms with van der Waals surface area (Å²) < 4.78 is 0. The first-order valence-corrected chi connectivity index (χ1v) is 10.0. The minimum atomic E-state index is 0.842. The molecule has 0 unspecified atom stereocenters. The van der Waals surface area contributed by atoms with E-state index in [1.54, 1.807) is 0 Å². The standard InChI is InChI=1S/C26H32N2/c1-17-11-19(3)25(20(4)12-17)27-15-23-7-9-24(10-8-23)16-28-26-21(5)13-18(2)14-22(26)6/h7-14,27-28H,15-16H2,1-6H3. The summed E-state index contributed by atoms with van der Waals surface area (Å²) in [7, 11) is 0. The first-order chi connectivity index (χ1) is 13.3. The van der Waals surface area contributed by atoms with Crippen LogP contribution in [-0.4, -0.2) is 0 Å². The van der Waals surface area contributed by atoms with E-state index in [0.717, 1.165) is 13.1 Å². The molecule has 0 spiro atoms. The number of hydrogen-bond donors (Lipinski definition) is 2. The summed E-state index contributed by atoms with van der Waals surface area (Å²) in [5.41, 5.74) is 13.0. The summed E-state index contributed by atoms with van der Waals surface area (Å²) in [5, 5.41) is 7.21. The van der Waals surface area contributed by atoms with Crippen molar-refractivity contribution in [3.05, 3.63) is 93.0 Å². The molecule has 3 rings (SSSR count). The van der Waals surface area contributed by atoms with Crippen molar-refractivity contribution in [2.75, 3.05) is 10.6 Å². The molecule has 0 radical (unpaired) electrons. The van der Waals surface area contributed by atoms with E-state index in [9.17, 15) is 0 Å². The summed E-state index contributed by atoms with van der Waals surface area (Å²) in [6.07, 6.45) is 0. The first kappa shape index (κ1) is 20.0. The van der Waals surface area contributed by atoms with Crippen molar-refractivity contribution in [1.82, 2.24) is 0 Å². The topological polar surface area (TPSA) is 24.1 Å². The van der Waals surface area contributed by atoms with E-state index in [2.05, 4.69) is 101 Å². The molecule has 0 aliphatic heterocycles. The maximum Gasteiger partial charge on any atom is 0.0402 e. The minimum Gasteiger partial charge on any atom is -0.381 e. The molecule has 3 aromatic carbocycles. The van der Waals surface area contributed by atoms with Crippen molar-refractivity contribution in [3.63, 3.8) is 0 Å². The molecule has 0 fully saturated rings. The van der Waals surface area contributed by atoms with Crippen LogP contribution in [0.1, 0.15) is 44.5 Å². The van der Waals surface area contributed by atoms with Crippen LogP contribution in [-0.2, 0) is 13.1 Å². The van der Waals surface area contributed by atoms with Gasteiger partial charge in [-0.3, -0.25) is 0 Å². The number of aryl methyl sites for hydroxylation is 6. The zero-order chi connectivity index (χ0) is 20.3. The largest absolute Gasteiger partial charge is 0.381 e. The average Bonchev–Trinajstić information content (AvgIpc) is 2.61. The summed E-state index contributed by atoms with van der Waals surface area (Å²) in [6.45, 7) is 14.7. The lowest BCUT2D eigenvalue weighted by atomic mass is 10.0. The minimum absolute atomic E-state index is 0.842. The second-order valence-electron chi connectivity index (χ2n) is 8.07. The van der Waals surface area contributed by atoms with Crippen molar-refractivity contribution in [2.45, 2.75) is 54.6 Å². The molecule has 28 heavy (non-hydrogen) atoms. The van der Waals surface area contributed by atoms with Crippen molar-refractivity contribution < 1.29 is 0 Å². The van der Waals surface area contributed by atoms with E-state index >= 15 is 0 Å². The van der Waals surface area contributed by atoms with E-state index in [1.807, 2.05) is 0 Å². The zero-order valence-electron chi connectivity index (χ0n) is 18.0. The Morgan fingerprint density at radius 3 is 1.07 bits per heavy atom. The highest BCUT2D eigenvalue weighted by molar-refractivity contribution is 5.59. The van der Waals surface area contributed by atoms with E-state index in [1.165, 1.54) is 55.9 Å². The van der Waals surface area contributed by atoms with Gasteiger partial charge in [-0.25, -0.2) is 0 Å². The molecular formula is C26H32N2. The van der Waals surface area contributed by atoms with Crippen LogP contribution in [0.15, 0.2) is 48.5 Å². The summed E-state index contributed by atoms with van der Waals surface area (Å²) in [5.74, 6) is 0. The number of benzene rings is 3. The van der Waals surface area contributed by atoms with Crippen molar-refractivity contribution >= 4 is 11.4 Å². The molecule has 2 heteroatoms. The van der Waals surface area contributed by atoms with Crippen molar-refractivity contribution in [1.29, 1.82) is 0 Å². The van der Waals surface area contributed by atoms with Gasteiger partial charge in [0.25, 0.3) is 0 Å². The molecule has 0 aliphatic rings. The highest BCUT2D eigenvalue weighted by Crippen LogP contribution is 2.24. The van der Waals surface area contributed by atoms with Gasteiger partial charge in [-0.15, -0.1) is 0 Å². The van der Waals surface area contributed by atoms with Crippen LogP contribution in [0.4, 0.5) is 11.4 Å². The molecule has 3 aromatic rings. The third-order valence-electron chi connectivity index (χ3n) is 5.32. The highest BCUT2D eigenvalue weighted by Gasteiger charge is 2.05. The fourth-order valence-electron chi connectivity index (χ4n) is 4.07. The molecular weight excluding hydrogens is 340 g/mol. The van der Waals surface area contributed by atoms with Gasteiger partial charge in [0.15, 0.2) is 0 Å². The molecule has 2 nitrogen and oxygen atoms in total. The fourth-order valence-corrected chi connectivity index (χ4v) is 4.07. The predicted octanol–water partition coefficient (Wildman–Crippen LogP) is 6.76. The molecule has 0 amide bonds. The molecule has 2 N–H and O–H groups in total. The zero-order valence-corrected chi connectivity index (χ0v) is 18.0. The fraction of sp³-hybridized carbons (Fsp3) is 0.308. The van der Waals surface area contributed by atoms with Crippen LogP contribution in [0.2, 0.25) is 0 Å². The number of nitrogens with one attached hydrogen (secondary N) is 2. The molecule has 146 valence electrons. The van der Waals surface area contributed by atoms with Gasteiger partial charge in [0.2, 0.25) is 0 Å². The molecule has 0 heterocycles. The van der Waals surface area contributed by atoms with Crippen LogP contribution in [0, 0.1) is 41.5 Å². The molecule has 0 bridgehead atoms. The van der Waals surface area contributed by atoms with Gasteiger partial charge < -0.3 is 10.6 Å². The summed E-state index contributed by atoms with van der Waals surface area (Å²) in [4.78, 5) is 0. The van der Waals surface area contributed by atoms with Crippen molar-refractivity contribution in [3.8, 4) is 0 Å². The van der Waals surface area contributed by atoms with Gasteiger partial charge in [-0.1, -0.05) is 59.7 Å². The molecule has 0 aliphatic carbocycles. The van der Waals surface area contributed by atoms with Crippen LogP contribution in [0.5, 0.6) is 0 Å². The maximum atomic E-state index is 3.61. The quantitative estimate of drug-likeness (QED) is 0.499. The van der Waals surface area contributed by atoms with Gasteiger partial charge in [0, 0.05) is 24.5 Å².